The van der Waals surface area contributed by atoms with E-state index in [9.17, 15) is 4.79 Å². The number of rotatable bonds is 7. The molecule has 1 aromatic carbocycles. The predicted octanol–water partition coefficient (Wildman–Crippen LogP) is 2.41. The molecule has 0 atom stereocenters. The number of hydrogen-bond donors (Lipinski definition) is 3. The van der Waals surface area contributed by atoms with E-state index >= 15 is 0 Å². The van der Waals surface area contributed by atoms with Crippen molar-refractivity contribution in [2.45, 2.75) is 13.3 Å². The van der Waals surface area contributed by atoms with Crippen molar-refractivity contribution >= 4 is 5.91 Å². The quantitative estimate of drug-likeness (QED) is 0.677. The minimum Gasteiger partial charge on any atom is -0.366 e. The van der Waals surface area contributed by atoms with Crippen LogP contribution in [0.5, 0.6) is 0 Å². The molecule has 3 N–H and O–H groups in total. The first-order valence-corrected chi connectivity index (χ1v) is 7.04. The molecule has 0 aliphatic heterocycles. The van der Waals surface area contributed by atoms with Crippen molar-refractivity contribution < 1.29 is 4.79 Å². The number of benzene rings is 1. The highest BCUT2D eigenvalue weighted by molar-refractivity contribution is 6.00. The number of carbonyl (C=O) groups excluding carboxylic acids is 1. The van der Waals surface area contributed by atoms with E-state index in [4.69, 9.17) is 0 Å². The lowest BCUT2D eigenvalue weighted by atomic mass is 10.0. The van der Waals surface area contributed by atoms with Crippen LogP contribution in [-0.4, -0.2) is 30.5 Å². The molecule has 0 aliphatic carbocycles. The maximum absolute atomic E-state index is 12.2. The van der Waals surface area contributed by atoms with E-state index in [1.165, 1.54) is 0 Å². The lowest BCUT2D eigenvalue weighted by Crippen LogP contribution is -2.32. The number of nitrogens with one attached hydrogen (secondary N) is 3. The van der Waals surface area contributed by atoms with Gasteiger partial charge in [0, 0.05) is 31.0 Å². The summed E-state index contributed by atoms with van der Waals surface area (Å²) in [5.41, 5.74) is 2.67. The van der Waals surface area contributed by atoms with Gasteiger partial charge in [0.15, 0.2) is 0 Å². The molecule has 1 aromatic heterocycles. The van der Waals surface area contributed by atoms with E-state index in [1.807, 2.05) is 36.5 Å². The fraction of sp³-hybridized carbons (Fsp3) is 0.312. The van der Waals surface area contributed by atoms with Gasteiger partial charge in [0.1, 0.15) is 0 Å². The summed E-state index contributed by atoms with van der Waals surface area (Å²) in [5.74, 6) is -0.0385. The molecule has 1 amide bonds. The summed E-state index contributed by atoms with van der Waals surface area (Å²) < 4.78 is 0. The maximum Gasteiger partial charge on any atom is 0.253 e. The molecular weight excluding hydrogens is 250 g/mol. The van der Waals surface area contributed by atoms with E-state index in [-0.39, 0.29) is 5.91 Å². The Morgan fingerprint density at radius 2 is 1.90 bits per heavy atom. The first kappa shape index (κ1) is 14.3. The van der Waals surface area contributed by atoms with Crippen LogP contribution in [0.25, 0.3) is 11.1 Å². The average Bonchev–Trinajstić information content (AvgIpc) is 2.97. The van der Waals surface area contributed by atoms with Crippen molar-refractivity contribution in [1.29, 1.82) is 0 Å². The molecule has 0 spiro atoms. The first-order valence-electron chi connectivity index (χ1n) is 7.04. The van der Waals surface area contributed by atoms with Gasteiger partial charge in [-0.05, 0) is 18.5 Å². The third kappa shape index (κ3) is 3.71. The van der Waals surface area contributed by atoms with Gasteiger partial charge in [-0.25, -0.2) is 0 Å². The molecule has 20 heavy (non-hydrogen) atoms. The van der Waals surface area contributed by atoms with E-state index < -0.39 is 0 Å². The molecule has 4 heteroatoms. The minimum absolute atomic E-state index is 0.0385. The normalized spacial score (nSPS) is 10.4. The van der Waals surface area contributed by atoms with Crippen LogP contribution in [0.3, 0.4) is 0 Å². The Balaban J connectivity index is 1.96. The third-order valence-electron chi connectivity index (χ3n) is 3.09. The smallest absolute Gasteiger partial charge is 0.253 e. The fourth-order valence-electron chi connectivity index (χ4n) is 2.07. The summed E-state index contributed by atoms with van der Waals surface area (Å²) in [6.45, 7) is 4.54. The van der Waals surface area contributed by atoms with Gasteiger partial charge >= 0.3 is 0 Å². The zero-order valence-corrected chi connectivity index (χ0v) is 11.8. The molecule has 0 bridgehead atoms. The van der Waals surface area contributed by atoms with Gasteiger partial charge in [0.05, 0.1) is 5.56 Å². The second kappa shape index (κ2) is 7.50. The van der Waals surface area contributed by atoms with Crippen LogP contribution >= 0.6 is 0 Å². The Morgan fingerprint density at radius 1 is 1.10 bits per heavy atom. The Hall–Kier alpha value is -2.07. The van der Waals surface area contributed by atoms with Gasteiger partial charge in [0.25, 0.3) is 5.91 Å². The lowest BCUT2D eigenvalue weighted by molar-refractivity contribution is 0.0954. The molecule has 0 aliphatic rings. The van der Waals surface area contributed by atoms with E-state index in [1.54, 1.807) is 6.20 Å². The Morgan fingerprint density at radius 3 is 2.65 bits per heavy atom. The minimum atomic E-state index is -0.0385. The monoisotopic (exact) mass is 271 g/mol. The van der Waals surface area contributed by atoms with Gasteiger partial charge in [-0.1, -0.05) is 37.3 Å². The molecule has 4 nitrogen and oxygen atoms in total. The highest BCUT2D eigenvalue weighted by Crippen LogP contribution is 2.22. The standard InChI is InChI=1S/C16H21N3O/c1-2-8-17-9-10-19-16(20)15-12-18-11-14(15)13-6-4-3-5-7-13/h3-7,11-12,17-18H,2,8-10H2,1H3,(H,19,20). The van der Waals surface area contributed by atoms with Crippen molar-refractivity contribution in [2.75, 3.05) is 19.6 Å². The summed E-state index contributed by atoms with van der Waals surface area (Å²) >= 11 is 0. The van der Waals surface area contributed by atoms with Crippen molar-refractivity contribution in [1.82, 2.24) is 15.6 Å². The molecule has 0 saturated carbocycles. The summed E-state index contributed by atoms with van der Waals surface area (Å²) in [5, 5.41) is 6.19. The third-order valence-corrected chi connectivity index (χ3v) is 3.09. The Kier molecular flexibility index (Phi) is 5.38. The molecule has 0 unspecified atom stereocenters. The molecule has 0 fully saturated rings. The maximum atomic E-state index is 12.2. The number of aromatic nitrogens is 1. The predicted molar refractivity (Wildman–Crippen MR) is 81.7 cm³/mol. The van der Waals surface area contributed by atoms with Crippen LogP contribution in [0.15, 0.2) is 42.7 Å². The van der Waals surface area contributed by atoms with E-state index in [2.05, 4.69) is 22.5 Å². The summed E-state index contributed by atoms with van der Waals surface area (Å²) in [6, 6.07) is 9.91. The van der Waals surface area contributed by atoms with Crippen LogP contribution in [0, 0.1) is 0 Å². The summed E-state index contributed by atoms with van der Waals surface area (Å²) in [6.07, 6.45) is 4.71. The highest BCUT2D eigenvalue weighted by Gasteiger charge is 2.12. The lowest BCUT2D eigenvalue weighted by Gasteiger charge is -2.07. The molecule has 106 valence electrons. The molecular formula is C16H21N3O. The SMILES string of the molecule is CCCNCCNC(=O)c1c[nH]cc1-c1ccccc1. The van der Waals surface area contributed by atoms with Gasteiger partial charge in [-0.3, -0.25) is 4.79 Å². The largest absolute Gasteiger partial charge is 0.366 e. The summed E-state index contributed by atoms with van der Waals surface area (Å²) in [4.78, 5) is 15.2. The van der Waals surface area contributed by atoms with Crippen molar-refractivity contribution in [3.05, 3.63) is 48.3 Å². The Bertz CT molecular complexity index is 534. The molecule has 2 rings (SSSR count). The average molecular weight is 271 g/mol. The Labute approximate surface area is 119 Å². The summed E-state index contributed by atoms with van der Waals surface area (Å²) in [7, 11) is 0. The number of hydrogen-bond acceptors (Lipinski definition) is 2. The van der Waals surface area contributed by atoms with E-state index in [0.29, 0.717) is 12.1 Å². The first-order chi connectivity index (χ1) is 9.83. The fourth-order valence-corrected chi connectivity index (χ4v) is 2.07. The van der Waals surface area contributed by atoms with Crippen molar-refractivity contribution in [3.8, 4) is 11.1 Å². The highest BCUT2D eigenvalue weighted by atomic mass is 16.1. The molecule has 0 radical (unpaired) electrons. The molecule has 2 aromatic rings. The molecule has 0 saturated heterocycles. The number of H-pyrrole nitrogens is 1. The van der Waals surface area contributed by atoms with Gasteiger partial charge < -0.3 is 15.6 Å². The second-order valence-electron chi connectivity index (χ2n) is 4.65. The molecule has 1 heterocycles. The van der Waals surface area contributed by atoms with Crippen LogP contribution in [-0.2, 0) is 0 Å². The van der Waals surface area contributed by atoms with Crippen molar-refractivity contribution in [3.63, 3.8) is 0 Å². The van der Waals surface area contributed by atoms with Gasteiger partial charge in [-0.15, -0.1) is 0 Å². The van der Waals surface area contributed by atoms with Gasteiger partial charge in [-0.2, -0.15) is 0 Å². The van der Waals surface area contributed by atoms with Crippen LogP contribution in [0.2, 0.25) is 0 Å². The second-order valence-corrected chi connectivity index (χ2v) is 4.65. The number of aromatic amines is 1. The van der Waals surface area contributed by atoms with E-state index in [0.717, 1.165) is 30.6 Å². The van der Waals surface area contributed by atoms with Crippen molar-refractivity contribution in [2.24, 2.45) is 0 Å². The zero-order chi connectivity index (χ0) is 14.2. The van der Waals surface area contributed by atoms with Gasteiger partial charge in [0.2, 0.25) is 0 Å². The number of amides is 1. The van der Waals surface area contributed by atoms with Crippen LogP contribution in [0.4, 0.5) is 0 Å². The number of carbonyl (C=O) groups is 1. The zero-order valence-electron chi connectivity index (χ0n) is 11.8. The van der Waals surface area contributed by atoms with Crippen LogP contribution < -0.4 is 10.6 Å². The van der Waals surface area contributed by atoms with Crippen LogP contribution in [0.1, 0.15) is 23.7 Å². The topological polar surface area (TPSA) is 56.9 Å².